The van der Waals surface area contributed by atoms with Crippen molar-refractivity contribution in [3.05, 3.63) is 39.4 Å². The van der Waals surface area contributed by atoms with Gasteiger partial charge in [-0.1, -0.05) is 0 Å². The fourth-order valence-corrected chi connectivity index (χ4v) is 2.11. The van der Waals surface area contributed by atoms with Crippen LogP contribution in [0, 0.1) is 10.1 Å². The average molecular weight is 355 g/mol. The number of carbonyl (C=O) groups is 2. The summed E-state index contributed by atoms with van der Waals surface area (Å²) in [6.45, 7) is -1.00. The molecule has 0 amide bonds. The van der Waals surface area contributed by atoms with E-state index < -0.39 is 47.6 Å². The van der Waals surface area contributed by atoms with Crippen LogP contribution in [-0.4, -0.2) is 62.3 Å². The molecule has 1 aromatic carbocycles. The monoisotopic (exact) mass is 355 g/mol. The highest BCUT2D eigenvalue weighted by atomic mass is 16.6. The SMILES string of the molecule is O=C(CCC(O)CO)c1cc(C(=O)CCC(O)CO)cc([N+](=O)[O-])c1. The minimum Gasteiger partial charge on any atom is -0.394 e. The van der Waals surface area contributed by atoms with Crippen LogP contribution in [0.5, 0.6) is 0 Å². The summed E-state index contributed by atoms with van der Waals surface area (Å²) in [5.74, 6) is -0.999. The van der Waals surface area contributed by atoms with Crippen LogP contribution in [0.3, 0.4) is 0 Å². The minimum absolute atomic E-state index is 0.00992. The number of nitro groups is 1. The van der Waals surface area contributed by atoms with Gasteiger partial charge in [-0.05, 0) is 18.9 Å². The maximum Gasteiger partial charge on any atom is 0.270 e. The smallest absolute Gasteiger partial charge is 0.270 e. The van der Waals surface area contributed by atoms with E-state index in [1.165, 1.54) is 6.07 Å². The van der Waals surface area contributed by atoms with Gasteiger partial charge in [-0.15, -0.1) is 0 Å². The number of aliphatic hydroxyl groups excluding tert-OH is 4. The van der Waals surface area contributed by atoms with Crippen LogP contribution in [0.25, 0.3) is 0 Å². The van der Waals surface area contributed by atoms with Gasteiger partial charge in [-0.25, -0.2) is 0 Å². The van der Waals surface area contributed by atoms with E-state index in [0.717, 1.165) is 12.1 Å². The number of non-ortho nitro benzene ring substituents is 1. The zero-order chi connectivity index (χ0) is 19.0. The summed E-state index contributed by atoms with van der Waals surface area (Å²) in [5, 5.41) is 47.0. The van der Waals surface area contributed by atoms with Crippen LogP contribution in [0.1, 0.15) is 46.4 Å². The molecular formula is C16H21NO8. The zero-order valence-electron chi connectivity index (χ0n) is 13.5. The predicted octanol–water partition coefficient (Wildman–Crippen LogP) is 0.227. The van der Waals surface area contributed by atoms with Gasteiger partial charge in [0.1, 0.15) is 0 Å². The normalized spacial score (nSPS) is 13.3. The lowest BCUT2D eigenvalue weighted by molar-refractivity contribution is -0.384. The number of nitro benzene ring substituents is 1. The quantitative estimate of drug-likeness (QED) is 0.249. The number of aliphatic hydroxyl groups is 4. The molecule has 0 fully saturated rings. The van der Waals surface area contributed by atoms with E-state index in [1.807, 2.05) is 0 Å². The third-order valence-corrected chi connectivity index (χ3v) is 3.60. The molecule has 0 saturated heterocycles. The number of ketones is 2. The Morgan fingerprint density at radius 3 is 1.64 bits per heavy atom. The summed E-state index contributed by atoms with van der Waals surface area (Å²) < 4.78 is 0. The number of benzene rings is 1. The Balaban J connectivity index is 2.98. The molecule has 0 aliphatic carbocycles. The molecule has 4 N–H and O–H groups in total. The second-order valence-electron chi connectivity index (χ2n) is 5.62. The van der Waals surface area contributed by atoms with Crippen LogP contribution < -0.4 is 0 Å². The van der Waals surface area contributed by atoms with E-state index in [2.05, 4.69) is 0 Å². The summed E-state index contributed by atoms with van der Waals surface area (Å²) in [4.78, 5) is 34.5. The molecule has 0 aliphatic rings. The molecule has 2 atom stereocenters. The van der Waals surface area contributed by atoms with Crippen LogP contribution >= 0.6 is 0 Å². The summed E-state index contributed by atoms with van der Waals surface area (Å²) in [7, 11) is 0. The van der Waals surface area contributed by atoms with Gasteiger partial charge < -0.3 is 20.4 Å². The Hall–Kier alpha value is -2.20. The standard InChI is InChI=1S/C16H21NO8/c18-8-13(20)1-3-15(22)10-5-11(7-12(6-10)17(24)25)16(23)4-2-14(21)9-19/h5-7,13-14,18-21H,1-4,8-9H2. The molecule has 1 rings (SSSR count). The molecule has 9 heteroatoms. The predicted molar refractivity (Wildman–Crippen MR) is 86.4 cm³/mol. The number of hydrogen-bond acceptors (Lipinski definition) is 8. The summed E-state index contributed by atoms with van der Waals surface area (Å²) >= 11 is 0. The number of hydrogen-bond donors (Lipinski definition) is 4. The maximum absolute atomic E-state index is 12.1. The van der Waals surface area contributed by atoms with Crippen molar-refractivity contribution >= 4 is 17.3 Å². The first kappa shape index (κ1) is 20.8. The number of carbonyl (C=O) groups excluding carboxylic acids is 2. The third-order valence-electron chi connectivity index (χ3n) is 3.60. The van der Waals surface area contributed by atoms with Gasteiger partial charge in [0.05, 0.1) is 30.3 Å². The summed E-state index contributed by atoms with van der Waals surface area (Å²) in [5.41, 5.74) is -0.490. The van der Waals surface area contributed by atoms with Crippen molar-refractivity contribution < 1.29 is 34.9 Å². The van der Waals surface area contributed by atoms with Crippen molar-refractivity contribution in [2.45, 2.75) is 37.9 Å². The molecule has 25 heavy (non-hydrogen) atoms. The van der Waals surface area contributed by atoms with Gasteiger partial charge in [0, 0.05) is 36.1 Å². The molecule has 0 bridgehead atoms. The van der Waals surface area contributed by atoms with E-state index >= 15 is 0 Å². The second kappa shape index (κ2) is 9.94. The van der Waals surface area contributed by atoms with Crippen molar-refractivity contribution in [1.82, 2.24) is 0 Å². The largest absolute Gasteiger partial charge is 0.394 e. The molecule has 0 aromatic heterocycles. The van der Waals surface area contributed by atoms with E-state index in [9.17, 15) is 29.9 Å². The maximum atomic E-state index is 12.1. The second-order valence-corrected chi connectivity index (χ2v) is 5.62. The Kier molecular flexibility index (Phi) is 8.29. The molecule has 1 aromatic rings. The van der Waals surface area contributed by atoms with E-state index in [1.54, 1.807) is 0 Å². The van der Waals surface area contributed by atoms with Gasteiger partial charge in [0.25, 0.3) is 5.69 Å². The van der Waals surface area contributed by atoms with E-state index in [4.69, 9.17) is 10.2 Å². The Bertz CT molecular complexity index is 586. The highest BCUT2D eigenvalue weighted by Gasteiger charge is 2.19. The molecule has 0 saturated carbocycles. The molecule has 9 nitrogen and oxygen atoms in total. The minimum atomic E-state index is -1.07. The van der Waals surface area contributed by atoms with Crippen LogP contribution in [0.15, 0.2) is 18.2 Å². The fourth-order valence-electron chi connectivity index (χ4n) is 2.11. The Labute approximate surface area is 143 Å². The van der Waals surface area contributed by atoms with Crippen molar-refractivity contribution in [2.24, 2.45) is 0 Å². The lowest BCUT2D eigenvalue weighted by atomic mass is 9.98. The van der Waals surface area contributed by atoms with Gasteiger partial charge in [0.2, 0.25) is 0 Å². The number of rotatable bonds is 11. The topological polar surface area (TPSA) is 158 Å². The Morgan fingerprint density at radius 2 is 1.32 bits per heavy atom. The lowest BCUT2D eigenvalue weighted by Gasteiger charge is -2.09. The van der Waals surface area contributed by atoms with Crippen LogP contribution in [0.4, 0.5) is 5.69 Å². The number of Topliss-reactive ketones (excluding diaryl/α,β-unsaturated/α-hetero) is 2. The van der Waals surface area contributed by atoms with E-state index in [0.29, 0.717) is 0 Å². The molecule has 0 radical (unpaired) electrons. The first-order valence-corrected chi connectivity index (χ1v) is 7.72. The fraction of sp³-hybridized carbons (Fsp3) is 0.500. The molecule has 0 spiro atoms. The first-order chi connectivity index (χ1) is 11.8. The third kappa shape index (κ3) is 6.67. The van der Waals surface area contributed by atoms with Crippen LogP contribution in [0.2, 0.25) is 0 Å². The van der Waals surface area contributed by atoms with Crippen LogP contribution in [-0.2, 0) is 0 Å². The van der Waals surface area contributed by atoms with Crippen molar-refractivity contribution in [1.29, 1.82) is 0 Å². The molecular weight excluding hydrogens is 334 g/mol. The van der Waals surface area contributed by atoms with Gasteiger partial charge in [0.15, 0.2) is 11.6 Å². The molecule has 0 aliphatic heterocycles. The highest BCUT2D eigenvalue weighted by molar-refractivity contribution is 6.02. The van der Waals surface area contributed by atoms with Crippen molar-refractivity contribution in [3.63, 3.8) is 0 Å². The lowest BCUT2D eigenvalue weighted by Crippen LogP contribution is -2.15. The Morgan fingerprint density at radius 1 is 0.920 bits per heavy atom. The van der Waals surface area contributed by atoms with Gasteiger partial charge >= 0.3 is 0 Å². The zero-order valence-corrected chi connectivity index (χ0v) is 13.5. The van der Waals surface area contributed by atoms with Crippen molar-refractivity contribution in [2.75, 3.05) is 13.2 Å². The van der Waals surface area contributed by atoms with E-state index in [-0.39, 0.29) is 36.8 Å². The van der Waals surface area contributed by atoms with Gasteiger partial charge in [-0.2, -0.15) is 0 Å². The highest BCUT2D eigenvalue weighted by Crippen LogP contribution is 2.21. The first-order valence-electron chi connectivity index (χ1n) is 7.72. The molecule has 0 heterocycles. The summed E-state index contributed by atoms with van der Waals surface area (Å²) in [6.07, 6.45) is -2.43. The molecule has 138 valence electrons. The van der Waals surface area contributed by atoms with Gasteiger partial charge in [-0.3, -0.25) is 19.7 Å². The average Bonchev–Trinajstić information content (AvgIpc) is 2.62. The molecule has 2 unspecified atom stereocenters. The van der Waals surface area contributed by atoms with Crippen molar-refractivity contribution in [3.8, 4) is 0 Å². The summed E-state index contributed by atoms with van der Waals surface area (Å²) in [6, 6.07) is 3.33. The number of nitrogens with zero attached hydrogens (tertiary/aromatic N) is 1.